The largest absolute Gasteiger partial charge is 0.490 e. The van der Waals surface area contributed by atoms with Gasteiger partial charge in [0.15, 0.2) is 11.6 Å². The highest BCUT2D eigenvalue weighted by atomic mass is 79.9. The van der Waals surface area contributed by atoms with Gasteiger partial charge in [-0.05, 0) is 59.9 Å². The van der Waals surface area contributed by atoms with Gasteiger partial charge in [-0.15, -0.1) is 0 Å². The Labute approximate surface area is 114 Å². The summed E-state index contributed by atoms with van der Waals surface area (Å²) in [5.74, 6) is 0.183. The standard InChI is InChI=1S/C13H14BrFN2O/c14-12-10(7-16)1-2-11(13(12)15)18-8-9-3-5-17-6-4-9/h1-2,9,17H,3-6,8H2. The average molecular weight is 313 g/mol. The zero-order chi connectivity index (χ0) is 13.0. The Morgan fingerprint density at radius 3 is 2.83 bits per heavy atom. The molecule has 0 saturated carbocycles. The second-order valence-corrected chi connectivity index (χ2v) is 5.15. The Kier molecular flexibility index (Phi) is 4.56. The van der Waals surface area contributed by atoms with Crippen molar-refractivity contribution in [2.75, 3.05) is 19.7 Å². The number of nitriles is 1. The lowest BCUT2D eigenvalue weighted by atomic mass is 9.99. The van der Waals surface area contributed by atoms with Gasteiger partial charge >= 0.3 is 0 Å². The van der Waals surface area contributed by atoms with Gasteiger partial charge in [0.25, 0.3) is 0 Å². The van der Waals surface area contributed by atoms with Gasteiger partial charge in [-0.25, -0.2) is 4.39 Å². The SMILES string of the molecule is N#Cc1ccc(OCC2CCNCC2)c(F)c1Br. The van der Waals surface area contributed by atoms with Gasteiger partial charge in [0.05, 0.1) is 16.6 Å². The van der Waals surface area contributed by atoms with E-state index in [0.717, 1.165) is 25.9 Å². The second-order valence-electron chi connectivity index (χ2n) is 4.36. The van der Waals surface area contributed by atoms with E-state index in [4.69, 9.17) is 10.00 Å². The summed E-state index contributed by atoms with van der Waals surface area (Å²) in [7, 11) is 0. The number of ether oxygens (including phenoxy) is 1. The molecule has 1 aliphatic heterocycles. The van der Waals surface area contributed by atoms with Crippen molar-refractivity contribution in [3.63, 3.8) is 0 Å². The maximum atomic E-state index is 13.9. The van der Waals surface area contributed by atoms with Crippen molar-refractivity contribution < 1.29 is 9.13 Å². The van der Waals surface area contributed by atoms with Crippen molar-refractivity contribution in [2.24, 2.45) is 5.92 Å². The lowest BCUT2D eigenvalue weighted by molar-refractivity contribution is 0.208. The third kappa shape index (κ3) is 3.01. The molecule has 5 heteroatoms. The lowest BCUT2D eigenvalue weighted by Crippen LogP contribution is -2.30. The van der Waals surface area contributed by atoms with Crippen LogP contribution in [0.1, 0.15) is 18.4 Å². The summed E-state index contributed by atoms with van der Waals surface area (Å²) in [5.41, 5.74) is 0.279. The zero-order valence-corrected chi connectivity index (χ0v) is 11.5. The van der Waals surface area contributed by atoms with E-state index in [0.29, 0.717) is 12.5 Å². The third-order valence-corrected chi connectivity index (χ3v) is 3.88. The van der Waals surface area contributed by atoms with E-state index in [1.807, 2.05) is 6.07 Å². The molecule has 0 radical (unpaired) electrons. The number of halogens is 2. The van der Waals surface area contributed by atoms with Crippen LogP contribution in [0.15, 0.2) is 16.6 Å². The van der Waals surface area contributed by atoms with Crippen molar-refractivity contribution in [1.29, 1.82) is 5.26 Å². The summed E-state index contributed by atoms with van der Waals surface area (Å²) in [6.45, 7) is 2.51. The number of nitrogens with zero attached hydrogens (tertiary/aromatic N) is 1. The minimum Gasteiger partial charge on any atom is -0.490 e. The maximum absolute atomic E-state index is 13.9. The highest BCUT2D eigenvalue weighted by Crippen LogP contribution is 2.28. The van der Waals surface area contributed by atoms with Gasteiger partial charge in [0.1, 0.15) is 6.07 Å². The van der Waals surface area contributed by atoms with E-state index in [1.165, 1.54) is 6.07 Å². The molecule has 1 fully saturated rings. The topological polar surface area (TPSA) is 45.0 Å². The van der Waals surface area contributed by atoms with E-state index in [-0.39, 0.29) is 15.8 Å². The van der Waals surface area contributed by atoms with Crippen molar-refractivity contribution in [3.8, 4) is 11.8 Å². The fraction of sp³-hybridized carbons (Fsp3) is 0.462. The Balaban J connectivity index is 2.01. The highest BCUT2D eigenvalue weighted by Gasteiger charge is 2.16. The predicted molar refractivity (Wildman–Crippen MR) is 69.9 cm³/mol. The van der Waals surface area contributed by atoms with Crippen LogP contribution in [-0.2, 0) is 0 Å². The summed E-state index contributed by atoms with van der Waals surface area (Å²) < 4.78 is 19.6. The molecule has 1 aromatic carbocycles. The summed E-state index contributed by atoms with van der Waals surface area (Å²) in [5, 5.41) is 12.0. The molecule has 1 heterocycles. The van der Waals surface area contributed by atoms with Crippen LogP contribution < -0.4 is 10.1 Å². The number of rotatable bonds is 3. The third-order valence-electron chi connectivity index (χ3n) is 3.10. The van der Waals surface area contributed by atoms with Gasteiger partial charge in [0, 0.05) is 0 Å². The average Bonchev–Trinajstić information content (AvgIpc) is 2.42. The second kappa shape index (κ2) is 6.17. The first kappa shape index (κ1) is 13.3. The minimum atomic E-state index is -0.497. The number of hydrogen-bond donors (Lipinski definition) is 1. The van der Waals surface area contributed by atoms with Crippen LogP contribution in [0.3, 0.4) is 0 Å². The molecule has 0 bridgehead atoms. The molecule has 1 aliphatic rings. The molecule has 0 unspecified atom stereocenters. The summed E-state index contributed by atoms with van der Waals surface area (Å²) in [6.07, 6.45) is 2.11. The molecular formula is C13H14BrFN2O. The van der Waals surface area contributed by atoms with Gasteiger partial charge < -0.3 is 10.1 Å². The van der Waals surface area contributed by atoms with E-state index < -0.39 is 5.82 Å². The van der Waals surface area contributed by atoms with Crippen LogP contribution in [0.4, 0.5) is 4.39 Å². The molecule has 96 valence electrons. The van der Waals surface area contributed by atoms with Crippen LogP contribution in [0.2, 0.25) is 0 Å². The molecule has 0 aliphatic carbocycles. The van der Waals surface area contributed by atoms with E-state index in [9.17, 15) is 4.39 Å². The molecule has 0 amide bonds. The maximum Gasteiger partial charge on any atom is 0.180 e. The molecule has 0 atom stereocenters. The fourth-order valence-electron chi connectivity index (χ4n) is 1.99. The Hall–Kier alpha value is -1.12. The van der Waals surface area contributed by atoms with Crippen LogP contribution >= 0.6 is 15.9 Å². The van der Waals surface area contributed by atoms with E-state index in [1.54, 1.807) is 6.07 Å². The Bertz CT molecular complexity index is 467. The highest BCUT2D eigenvalue weighted by molar-refractivity contribution is 9.10. The molecule has 18 heavy (non-hydrogen) atoms. The van der Waals surface area contributed by atoms with E-state index in [2.05, 4.69) is 21.2 Å². The first-order chi connectivity index (χ1) is 8.72. The quantitative estimate of drug-likeness (QED) is 0.933. The molecule has 1 saturated heterocycles. The fourth-order valence-corrected chi connectivity index (χ4v) is 2.40. The first-order valence-electron chi connectivity index (χ1n) is 5.94. The summed E-state index contributed by atoms with van der Waals surface area (Å²) >= 11 is 3.07. The Morgan fingerprint density at radius 2 is 2.17 bits per heavy atom. The van der Waals surface area contributed by atoms with Crippen LogP contribution in [0, 0.1) is 23.1 Å². The van der Waals surface area contributed by atoms with Crippen LogP contribution in [0.5, 0.6) is 5.75 Å². The minimum absolute atomic E-state index is 0.174. The molecular weight excluding hydrogens is 299 g/mol. The van der Waals surface area contributed by atoms with Crippen molar-refractivity contribution in [1.82, 2.24) is 5.32 Å². The normalized spacial score (nSPS) is 16.3. The smallest absolute Gasteiger partial charge is 0.180 e. The molecule has 1 aromatic rings. The van der Waals surface area contributed by atoms with Gasteiger partial charge in [0.2, 0.25) is 0 Å². The number of piperidine rings is 1. The van der Waals surface area contributed by atoms with Crippen molar-refractivity contribution in [3.05, 3.63) is 28.0 Å². The monoisotopic (exact) mass is 312 g/mol. The van der Waals surface area contributed by atoms with Crippen LogP contribution in [0.25, 0.3) is 0 Å². The number of nitrogens with one attached hydrogen (secondary N) is 1. The van der Waals surface area contributed by atoms with Crippen molar-refractivity contribution in [2.45, 2.75) is 12.8 Å². The van der Waals surface area contributed by atoms with Crippen molar-refractivity contribution >= 4 is 15.9 Å². The van der Waals surface area contributed by atoms with Gasteiger partial charge in [-0.2, -0.15) is 5.26 Å². The molecule has 1 N–H and O–H groups in total. The predicted octanol–water partition coefficient (Wildman–Crippen LogP) is 2.84. The number of hydrogen-bond acceptors (Lipinski definition) is 3. The first-order valence-corrected chi connectivity index (χ1v) is 6.73. The molecule has 0 spiro atoms. The zero-order valence-electron chi connectivity index (χ0n) is 9.88. The molecule has 2 rings (SSSR count). The van der Waals surface area contributed by atoms with Gasteiger partial charge in [-0.3, -0.25) is 0 Å². The summed E-state index contributed by atoms with van der Waals surface area (Å²) in [4.78, 5) is 0. The lowest BCUT2D eigenvalue weighted by Gasteiger charge is -2.22. The van der Waals surface area contributed by atoms with Crippen LogP contribution in [-0.4, -0.2) is 19.7 Å². The Morgan fingerprint density at radius 1 is 1.44 bits per heavy atom. The summed E-state index contributed by atoms with van der Waals surface area (Å²) in [6, 6.07) is 4.99. The molecule has 3 nitrogen and oxygen atoms in total. The van der Waals surface area contributed by atoms with E-state index >= 15 is 0 Å². The van der Waals surface area contributed by atoms with Gasteiger partial charge in [-0.1, -0.05) is 0 Å². The number of benzene rings is 1. The molecule has 0 aromatic heterocycles.